The van der Waals surface area contributed by atoms with Crippen LogP contribution in [0.1, 0.15) is 32.0 Å². The summed E-state index contributed by atoms with van der Waals surface area (Å²) in [6.45, 7) is 4.14. The Labute approximate surface area is 99.6 Å². The number of hydrogen-bond donors (Lipinski definition) is 0. The smallest absolute Gasteiger partial charge is 0.205 e. The molecule has 0 saturated carbocycles. The van der Waals surface area contributed by atoms with E-state index in [9.17, 15) is 0 Å². The Morgan fingerprint density at radius 1 is 1.60 bits per heavy atom. The fourth-order valence-corrected chi connectivity index (χ4v) is 2.86. The molecule has 5 heteroatoms. The van der Waals surface area contributed by atoms with Gasteiger partial charge in [-0.25, -0.2) is 4.98 Å². The summed E-state index contributed by atoms with van der Waals surface area (Å²) in [6, 6.07) is 0. The Bertz CT molecular complexity index is 315. The van der Waals surface area contributed by atoms with Crippen LogP contribution in [0.3, 0.4) is 0 Å². The van der Waals surface area contributed by atoms with Gasteiger partial charge in [0.25, 0.3) is 0 Å². The highest BCUT2D eigenvalue weighted by atomic mass is 35.5. The van der Waals surface area contributed by atoms with Gasteiger partial charge in [-0.1, -0.05) is 6.92 Å². The van der Waals surface area contributed by atoms with Gasteiger partial charge in [0.15, 0.2) is 0 Å². The molecule has 0 radical (unpaired) electrons. The van der Waals surface area contributed by atoms with Crippen LogP contribution in [0.25, 0.3) is 0 Å². The molecule has 0 bridgehead atoms. The lowest BCUT2D eigenvalue weighted by Gasteiger charge is -2.28. The van der Waals surface area contributed by atoms with Crippen molar-refractivity contribution in [2.24, 2.45) is 0 Å². The Kier molecular flexibility index (Phi) is 3.81. The highest BCUT2D eigenvalue weighted by Gasteiger charge is 2.20. The van der Waals surface area contributed by atoms with E-state index in [-0.39, 0.29) is 5.38 Å². The second-order valence-electron chi connectivity index (χ2n) is 3.93. The van der Waals surface area contributed by atoms with E-state index in [1.54, 1.807) is 0 Å². The molecule has 0 aromatic carbocycles. The van der Waals surface area contributed by atoms with Gasteiger partial charge in [-0.15, -0.1) is 11.6 Å². The van der Waals surface area contributed by atoms with E-state index in [1.165, 1.54) is 11.5 Å². The molecule has 0 aliphatic carbocycles. The number of piperidine rings is 1. The van der Waals surface area contributed by atoms with Crippen molar-refractivity contribution in [3.63, 3.8) is 0 Å². The zero-order valence-electron chi connectivity index (χ0n) is 8.95. The van der Waals surface area contributed by atoms with Gasteiger partial charge in [-0.05, 0) is 19.3 Å². The molecule has 84 valence electrons. The van der Waals surface area contributed by atoms with E-state index in [4.69, 9.17) is 11.6 Å². The fourth-order valence-electron chi connectivity index (χ4n) is 1.80. The average Bonchev–Trinajstić information content (AvgIpc) is 2.67. The van der Waals surface area contributed by atoms with Crippen molar-refractivity contribution in [3.8, 4) is 0 Å². The molecule has 1 aliphatic rings. The van der Waals surface area contributed by atoms with Crippen LogP contribution in [0.5, 0.6) is 0 Å². The highest BCUT2D eigenvalue weighted by Crippen LogP contribution is 2.24. The molecular weight excluding hydrogens is 230 g/mol. The molecule has 1 saturated heterocycles. The van der Waals surface area contributed by atoms with Crippen LogP contribution < -0.4 is 4.90 Å². The zero-order chi connectivity index (χ0) is 10.7. The highest BCUT2D eigenvalue weighted by molar-refractivity contribution is 7.09. The molecule has 15 heavy (non-hydrogen) atoms. The number of alkyl halides is 1. The molecule has 3 nitrogen and oxygen atoms in total. The summed E-state index contributed by atoms with van der Waals surface area (Å²) in [6.07, 6.45) is 4.37. The van der Waals surface area contributed by atoms with Crippen LogP contribution >= 0.6 is 23.1 Å². The number of aromatic nitrogens is 2. The van der Waals surface area contributed by atoms with E-state index >= 15 is 0 Å². The second-order valence-corrected chi connectivity index (χ2v) is 5.28. The van der Waals surface area contributed by atoms with Crippen molar-refractivity contribution in [2.45, 2.75) is 38.0 Å². The number of anilines is 1. The normalized spacial score (nSPS) is 22.0. The van der Waals surface area contributed by atoms with Crippen LogP contribution in [-0.4, -0.2) is 27.8 Å². The van der Waals surface area contributed by atoms with Gasteiger partial charge in [0.2, 0.25) is 5.13 Å². The van der Waals surface area contributed by atoms with Crippen molar-refractivity contribution < 1.29 is 0 Å². The number of rotatable bonds is 3. The SMILES string of the molecule is CCCc1nsc(N2CCCC(Cl)C2)n1. The second kappa shape index (κ2) is 5.12. The third kappa shape index (κ3) is 2.82. The minimum Gasteiger partial charge on any atom is -0.345 e. The Morgan fingerprint density at radius 3 is 3.20 bits per heavy atom. The quantitative estimate of drug-likeness (QED) is 0.767. The summed E-state index contributed by atoms with van der Waals surface area (Å²) in [5, 5.41) is 1.32. The molecule has 1 fully saturated rings. The predicted molar refractivity (Wildman–Crippen MR) is 65.0 cm³/mol. The van der Waals surface area contributed by atoms with Crippen molar-refractivity contribution in [2.75, 3.05) is 18.0 Å². The number of aryl methyl sites for hydroxylation is 1. The molecule has 1 aromatic rings. The Hall–Kier alpha value is -0.350. The van der Waals surface area contributed by atoms with Crippen LogP contribution in [0.4, 0.5) is 5.13 Å². The average molecular weight is 246 g/mol. The number of halogens is 1. The summed E-state index contributed by atoms with van der Waals surface area (Å²) in [5.41, 5.74) is 0. The van der Waals surface area contributed by atoms with Crippen molar-refractivity contribution in [1.82, 2.24) is 9.36 Å². The minimum atomic E-state index is 0.275. The van der Waals surface area contributed by atoms with E-state index in [1.807, 2.05) is 0 Å². The van der Waals surface area contributed by atoms with Gasteiger partial charge < -0.3 is 4.90 Å². The predicted octanol–water partition coefficient (Wildman–Crippen LogP) is 2.70. The first kappa shape index (κ1) is 11.1. The van der Waals surface area contributed by atoms with Crippen molar-refractivity contribution in [3.05, 3.63) is 5.82 Å². The first-order valence-corrected chi connectivity index (χ1v) is 6.72. The lowest BCUT2D eigenvalue weighted by molar-refractivity contribution is 0.583. The first-order valence-electron chi connectivity index (χ1n) is 5.51. The largest absolute Gasteiger partial charge is 0.345 e. The van der Waals surface area contributed by atoms with Crippen molar-refractivity contribution in [1.29, 1.82) is 0 Å². The van der Waals surface area contributed by atoms with E-state index in [2.05, 4.69) is 21.2 Å². The van der Waals surface area contributed by atoms with Gasteiger partial charge in [0.1, 0.15) is 5.82 Å². The minimum absolute atomic E-state index is 0.275. The maximum absolute atomic E-state index is 6.14. The Morgan fingerprint density at radius 2 is 2.47 bits per heavy atom. The molecule has 0 amide bonds. The van der Waals surface area contributed by atoms with E-state index in [0.29, 0.717) is 0 Å². The monoisotopic (exact) mass is 245 g/mol. The molecule has 1 atom stereocenters. The Balaban J connectivity index is 2.01. The maximum atomic E-state index is 6.14. The molecule has 2 heterocycles. The maximum Gasteiger partial charge on any atom is 0.205 e. The fraction of sp³-hybridized carbons (Fsp3) is 0.800. The van der Waals surface area contributed by atoms with Gasteiger partial charge in [0.05, 0.1) is 5.38 Å². The molecule has 0 spiro atoms. The zero-order valence-corrected chi connectivity index (χ0v) is 10.5. The molecule has 1 unspecified atom stereocenters. The van der Waals surface area contributed by atoms with E-state index < -0.39 is 0 Å². The van der Waals surface area contributed by atoms with E-state index in [0.717, 1.165) is 49.7 Å². The van der Waals surface area contributed by atoms with Crippen LogP contribution in [0.2, 0.25) is 0 Å². The third-order valence-electron chi connectivity index (χ3n) is 2.57. The summed E-state index contributed by atoms with van der Waals surface area (Å²) in [7, 11) is 0. The molecule has 1 aromatic heterocycles. The lowest BCUT2D eigenvalue weighted by Crippen LogP contribution is -2.35. The summed E-state index contributed by atoms with van der Waals surface area (Å²) >= 11 is 7.65. The molecular formula is C10H16ClN3S. The molecule has 1 aliphatic heterocycles. The standard InChI is InChI=1S/C10H16ClN3S/c1-2-4-9-12-10(15-13-9)14-6-3-5-8(11)7-14/h8H,2-7H2,1H3. The summed E-state index contributed by atoms with van der Waals surface area (Å²) in [5.74, 6) is 0.981. The third-order valence-corrected chi connectivity index (χ3v) is 3.74. The van der Waals surface area contributed by atoms with Gasteiger partial charge in [-0.3, -0.25) is 0 Å². The molecule has 0 N–H and O–H groups in total. The van der Waals surface area contributed by atoms with Crippen LogP contribution in [-0.2, 0) is 6.42 Å². The van der Waals surface area contributed by atoms with Gasteiger partial charge in [0, 0.05) is 31.0 Å². The first-order chi connectivity index (χ1) is 7.29. The summed E-state index contributed by atoms with van der Waals surface area (Å²) < 4.78 is 4.35. The number of nitrogens with zero attached hydrogens (tertiary/aromatic N) is 3. The lowest BCUT2D eigenvalue weighted by atomic mass is 10.1. The van der Waals surface area contributed by atoms with Crippen molar-refractivity contribution >= 4 is 28.3 Å². The van der Waals surface area contributed by atoms with Gasteiger partial charge >= 0.3 is 0 Å². The van der Waals surface area contributed by atoms with Gasteiger partial charge in [-0.2, -0.15) is 4.37 Å². The number of hydrogen-bond acceptors (Lipinski definition) is 4. The van der Waals surface area contributed by atoms with Crippen LogP contribution in [0, 0.1) is 0 Å². The summed E-state index contributed by atoms with van der Waals surface area (Å²) in [4.78, 5) is 6.79. The molecule has 2 rings (SSSR count). The topological polar surface area (TPSA) is 29.0 Å². The van der Waals surface area contributed by atoms with Crippen LogP contribution in [0.15, 0.2) is 0 Å².